The van der Waals surface area contributed by atoms with E-state index in [1.54, 1.807) is 23.1 Å². The summed E-state index contributed by atoms with van der Waals surface area (Å²) in [5, 5.41) is 0. The number of aromatic nitrogens is 1. The first-order valence-corrected chi connectivity index (χ1v) is 8.98. The largest absolute Gasteiger partial charge is 0.325 e. The van der Waals surface area contributed by atoms with Crippen molar-refractivity contribution in [1.82, 2.24) is 9.88 Å². The number of carbonyl (C=O) groups is 2. The second-order valence-corrected chi connectivity index (χ2v) is 6.91. The Morgan fingerprint density at radius 1 is 1.19 bits per heavy atom. The van der Waals surface area contributed by atoms with Crippen LogP contribution in [0.15, 0.2) is 42.6 Å². The van der Waals surface area contributed by atoms with Gasteiger partial charge in [-0.1, -0.05) is 36.6 Å². The summed E-state index contributed by atoms with van der Waals surface area (Å²) < 4.78 is 13.8. The number of amides is 1. The fraction of sp³-hybridized carbons (Fsp3) is 0.381. The topological polar surface area (TPSA) is 50.3 Å². The van der Waals surface area contributed by atoms with E-state index >= 15 is 0 Å². The first-order valence-electron chi connectivity index (χ1n) is 8.98. The molecule has 1 aliphatic carbocycles. The van der Waals surface area contributed by atoms with Gasteiger partial charge in [0.25, 0.3) is 0 Å². The van der Waals surface area contributed by atoms with Crippen LogP contribution in [-0.2, 0) is 4.79 Å². The number of hydrogen-bond donors (Lipinski definition) is 0. The molecule has 26 heavy (non-hydrogen) atoms. The van der Waals surface area contributed by atoms with Crippen LogP contribution < -0.4 is 0 Å². The highest BCUT2D eigenvalue weighted by Gasteiger charge is 2.36. The maximum absolute atomic E-state index is 13.8. The fourth-order valence-electron chi connectivity index (χ4n) is 3.81. The molecular weight excluding hydrogens is 331 g/mol. The fourth-order valence-corrected chi connectivity index (χ4v) is 3.81. The van der Waals surface area contributed by atoms with Crippen molar-refractivity contribution in [1.29, 1.82) is 0 Å². The van der Waals surface area contributed by atoms with E-state index in [2.05, 4.69) is 4.98 Å². The van der Waals surface area contributed by atoms with Crippen molar-refractivity contribution >= 4 is 11.7 Å². The summed E-state index contributed by atoms with van der Waals surface area (Å²) in [6.45, 7) is 3.39. The maximum Gasteiger partial charge on any atom is 0.220 e. The number of nitrogens with zero attached hydrogens (tertiary/aromatic N) is 2. The highest BCUT2D eigenvalue weighted by atomic mass is 19.1. The minimum Gasteiger partial charge on any atom is -0.325 e. The molecule has 1 aliphatic rings. The minimum atomic E-state index is -0.838. The Bertz CT molecular complexity index is 815. The minimum absolute atomic E-state index is 0.00230. The van der Waals surface area contributed by atoms with Crippen molar-refractivity contribution in [3.63, 3.8) is 0 Å². The van der Waals surface area contributed by atoms with E-state index in [1.165, 1.54) is 19.2 Å². The van der Waals surface area contributed by atoms with Gasteiger partial charge in [0, 0.05) is 24.7 Å². The van der Waals surface area contributed by atoms with E-state index in [1.807, 2.05) is 19.1 Å². The van der Waals surface area contributed by atoms with Crippen LogP contribution in [0.4, 0.5) is 4.39 Å². The zero-order chi connectivity index (χ0) is 18.7. The van der Waals surface area contributed by atoms with Crippen molar-refractivity contribution in [3.05, 3.63) is 65.2 Å². The predicted octanol–water partition coefficient (Wildman–Crippen LogP) is 4.24. The van der Waals surface area contributed by atoms with E-state index in [-0.39, 0.29) is 17.7 Å². The first-order chi connectivity index (χ1) is 12.5. The third-order valence-electron chi connectivity index (χ3n) is 4.98. The Hall–Kier alpha value is -2.56. The van der Waals surface area contributed by atoms with Gasteiger partial charge in [-0.25, -0.2) is 4.98 Å². The number of hydrogen-bond acceptors (Lipinski definition) is 3. The van der Waals surface area contributed by atoms with Gasteiger partial charge < -0.3 is 4.90 Å². The molecule has 3 rings (SSSR count). The molecule has 0 N–H and O–H groups in total. The van der Waals surface area contributed by atoms with Crippen LogP contribution in [0.3, 0.4) is 0 Å². The quantitative estimate of drug-likeness (QED) is 0.596. The van der Waals surface area contributed by atoms with Gasteiger partial charge in [-0.3, -0.25) is 9.59 Å². The van der Waals surface area contributed by atoms with Crippen LogP contribution >= 0.6 is 0 Å². The molecule has 4 nitrogen and oxygen atoms in total. The predicted molar refractivity (Wildman–Crippen MR) is 97.2 cm³/mol. The SMILES string of the molecule is CC(=O)N(C1CCCC1)C(C(=O)c1cccc(C)c1)c1ccnc(F)c1. The normalized spacial score (nSPS) is 15.7. The van der Waals surface area contributed by atoms with Gasteiger partial charge in [-0.2, -0.15) is 4.39 Å². The standard InChI is InChI=1S/C21H23FN2O2/c1-14-6-5-7-17(12-14)21(26)20(16-10-11-23-19(22)13-16)24(15(2)25)18-8-3-4-9-18/h5-7,10-13,18,20H,3-4,8-9H2,1-2H3. The third kappa shape index (κ3) is 3.82. The Balaban J connectivity index is 2.08. The lowest BCUT2D eigenvalue weighted by Crippen LogP contribution is -2.43. The third-order valence-corrected chi connectivity index (χ3v) is 4.98. The molecule has 1 amide bonds. The van der Waals surface area contributed by atoms with Crippen molar-refractivity contribution in [2.24, 2.45) is 0 Å². The molecular formula is C21H23FN2O2. The second-order valence-electron chi connectivity index (χ2n) is 6.91. The molecule has 1 unspecified atom stereocenters. The van der Waals surface area contributed by atoms with Gasteiger partial charge in [0.1, 0.15) is 6.04 Å². The Kier molecular flexibility index (Phi) is 5.45. The molecule has 0 radical (unpaired) electrons. The van der Waals surface area contributed by atoms with E-state index in [4.69, 9.17) is 0 Å². The number of halogens is 1. The van der Waals surface area contributed by atoms with E-state index in [0.717, 1.165) is 31.2 Å². The van der Waals surface area contributed by atoms with Crippen molar-refractivity contribution < 1.29 is 14.0 Å². The lowest BCUT2D eigenvalue weighted by atomic mass is 9.94. The number of Topliss-reactive ketones (excluding diaryl/α,β-unsaturated/α-hetero) is 1. The Morgan fingerprint density at radius 3 is 2.54 bits per heavy atom. The zero-order valence-corrected chi connectivity index (χ0v) is 15.1. The lowest BCUT2D eigenvalue weighted by Gasteiger charge is -2.35. The van der Waals surface area contributed by atoms with E-state index in [9.17, 15) is 14.0 Å². The molecule has 1 heterocycles. The molecule has 1 atom stereocenters. The van der Waals surface area contributed by atoms with Gasteiger partial charge in [-0.15, -0.1) is 0 Å². The van der Waals surface area contributed by atoms with Crippen LogP contribution in [0.2, 0.25) is 0 Å². The monoisotopic (exact) mass is 354 g/mol. The number of ketones is 1. The first kappa shape index (κ1) is 18.2. The summed E-state index contributed by atoms with van der Waals surface area (Å²) in [4.78, 5) is 31.1. The molecule has 1 saturated carbocycles. The van der Waals surface area contributed by atoms with Crippen molar-refractivity contribution in [2.45, 2.75) is 51.6 Å². The van der Waals surface area contributed by atoms with Gasteiger partial charge in [0.15, 0.2) is 5.78 Å². The lowest BCUT2D eigenvalue weighted by molar-refractivity contribution is -0.133. The van der Waals surface area contributed by atoms with Crippen molar-refractivity contribution in [3.8, 4) is 0 Å². The molecule has 2 aromatic rings. The average molecular weight is 354 g/mol. The van der Waals surface area contributed by atoms with Crippen molar-refractivity contribution in [2.75, 3.05) is 0 Å². The maximum atomic E-state index is 13.8. The number of carbonyl (C=O) groups excluding carboxylic acids is 2. The summed E-state index contributed by atoms with van der Waals surface area (Å²) >= 11 is 0. The molecule has 1 aromatic carbocycles. The number of pyridine rings is 1. The molecule has 0 spiro atoms. The average Bonchev–Trinajstić information content (AvgIpc) is 3.12. The van der Waals surface area contributed by atoms with E-state index < -0.39 is 12.0 Å². The second kappa shape index (κ2) is 7.77. The summed E-state index contributed by atoms with van der Waals surface area (Å²) in [7, 11) is 0. The molecule has 0 bridgehead atoms. The van der Waals surface area contributed by atoms with Crippen LogP contribution in [-0.4, -0.2) is 27.6 Å². The van der Waals surface area contributed by atoms with E-state index in [0.29, 0.717) is 11.1 Å². The smallest absolute Gasteiger partial charge is 0.220 e. The van der Waals surface area contributed by atoms with Crippen LogP contribution in [0.1, 0.15) is 60.1 Å². The summed E-state index contributed by atoms with van der Waals surface area (Å²) in [6.07, 6.45) is 5.14. The number of rotatable bonds is 5. The molecule has 1 fully saturated rings. The Morgan fingerprint density at radius 2 is 1.92 bits per heavy atom. The molecule has 0 aliphatic heterocycles. The molecule has 136 valence electrons. The van der Waals surface area contributed by atoms with Crippen LogP contribution in [0, 0.1) is 12.9 Å². The van der Waals surface area contributed by atoms with Gasteiger partial charge >= 0.3 is 0 Å². The highest BCUT2D eigenvalue weighted by molar-refractivity contribution is 6.02. The number of benzene rings is 1. The summed E-state index contributed by atoms with van der Waals surface area (Å²) in [5.41, 5.74) is 1.95. The zero-order valence-electron chi connectivity index (χ0n) is 15.1. The van der Waals surface area contributed by atoms with Gasteiger partial charge in [0.2, 0.25) is 11.9 Å². The molecule has 5 heteroatoms. The number of aryl methyl sites for hydroxylation is 1. The Labute approximate surface area is 153 Å². The van der Waals surface area contributed by atoms with Gasteiger partial charge in [-0.05, 0) is 43.5 Å². The highest BCUT2D eigenvalue weighted by Crippen LogP contribution is 2.33. The summed E-state index contributed by atoms with van der Waals surface area (Å²) in [5.74, 6) is -1.01. The molecule has 1 aromatic heterocycles. The molecule has 0 saturated heterocycles. The van der Waals surface area contributed by atoms with Crippen LogP contribution in [0.25, 0.3) is 0 Å². The van der Waals surface area contributed by atoms with Crippen LogP contribution in [0.5, 0.6) is 0 Å². The van der Waals surface area contributed by atoms with Gasteiger partial charge in [0.05, 0.1) is 0 Å². The summed E-state index contributed by atoms with van der Waals surface area (Å²) in [6, 6.07) is 9.32.